The summed E-state index contributed by atoms with van der Waals surface area (Å²) in [7, 11) is 0. The highest BCUT2D eigenvalue weighted by Crippen LogP contribution is 2.56. The van der Waals surface area contributed by atoms with Crippen molar-refractivity contribution >= 4 is 11.1 Å². The minimum atomic E-state index is -0.508. The van der Waals surface area contributed by atoms with Gasteiger partial charge in [0, 0.05) is 27.8 Å². The summed E-state index contributed by atoms with van der Waals surface area (Å²) in [5.41, 5.74) is 14.1. The summed E-state index contributed by atoms with van der Waals surface area (Å²) in [6, 6.07) is 71.7. The summed E-state index contributed by atoms with van der Waals surface area (Å²) in [5.74, 6) is 2.46. The van der Waals surface area contributed by atoms with Gasteiger partial charge in [-0.15, -0.1) is 0 Å². The van der Waals surface area contributed by atoms with Crippen molar-refractivity contribution in [2.24, 2.45) is 0 Å². The highest BCUT2D eigenvalue weighted by molar-refractivity contribution is 5.93. The van der Waals surface area contributed by atoms with Crippen LogP contribution in [0.3, 0.4) is 0 Å². The molecule has 0 amide bonds. The van der Waals surface area contributed by atoms with Crippen LogP contribution in [0.4, 0.5) is 0 Å². The molecule has 0 bridgehead atoms. The summed E-state index contributed by atoms with van der Waals surface area (Å²) in [5, 5.41) is 0. The Labute approximate surface area is 336 Å². The Morgan fingerprint density at radius 1 is 0.328 bits per heavy atom. The van der Waals surface area contributed by atoms with E-state index in [2.05, 4.69) is 133 Å². The van der Waals surface area contributed by atoms with Crippen LogP contribution in [0, 0.1) is 0 Å². The van der Waals surface area contributed by atoms with Gasteiger partial charge in [0.2, 0.25) is 5.89 Å². The van der Waals surface area contributed by atoms with Crippen LogP contribution < -0.4 is 0 Å². The largest absolute Gasteiger partial charge is 0.436 e. The lowest BCUT2D eigenvalue weighted by Crippen LogP contribution is -2.28. The smallest absolute Gasteiger partial charge is 0.227 e. The Morgan fingerprint density at radius 3 is 1.40 bits per heavy atom. The van der Waals surface area contributed by atoms with Gasteiger partial charge in [0.25, 0.3) is 0 Å². The van der Waals surface area contributed by atoms with Crippen molar-refractivity contribution in [3.8, 4) is 67.9 Å². The van der Waals surface area contributed by atoms with Gasteiger partial charge >= 0.3 is 0 Å². The van der Waals surface area contributed by atoms with E-state index < -0.39 is 5.41 Å². The van der Waals surface area contributed by atoms with Crippen LogP contribution in [0.2, 0.25) is 0 Å². The predicted molar refractivity (Wildman–Crippen MR) is 232 cm³/mol. The molecule has 272 valence electrons. The number of fused-ring (bicyclic) bond motifs is 4. The summed E-state index contributed by atoms with van der Waals surface area (Å²) in [6.07, 6.45) is 0. The Kier molecular flexibility index (Phi) is 7.97. The number of benzene rings is 8. The molecule has 0 N–H and O–H groups in total. The molecule has 11 rings (SSSR count). The lowest BCUT2D eigenvalue weighted by molar-refractivity contribution is 0.619. The molecule has 0 fully saturated rings. The minimum absolute atomic E-state index is 0.508. The molecule has 0 radical (unpaired) electrons. The average molecular weight is 743 g/mol. The first-order chi connectivity index (χ1) is 28.7. The molecule has 0 saturated heterocycles. The zero-order chi connectivity index (χ0) is 38.5. The second-order valence-corrected chi connectivity index (χ2v) is 14.6. The van der Waals surface area contributed by atoms with E-state index in [1.165, 1.54) is 33.4 Å². The fourth-order valence-electron chi connectivity index (χ4n) is 8.62. The summed E-state index contributed by atoms with van der Waals surface area (Å²) in [6.45, 7) is 0. The van der Waals surface area contributed by atoms with Crippen LogP contribution in [0.25, 0.3) is 79.0 Å². The van der Waals surface area contributed by atoms with Crippen molar-refractivity contribution in [2.45, 2.75) is 5.41 Å². The molecule has 58 heavy (non-hydrogen) atoms. The van der Waals surface area contributed by atoms with Crippen LogP contribution in [0.5, 0.6) is 0 Å². The Morgan fingerprint density at radius 2 is 0.793 bits per heavy atom. The van der Waals surface area contributed by atoms with Gasteiger partial charge in [-0.25, -0.2) is 19.9 Å². The highest BCUT2D eigenvalue weighted by Gasteiger charge is 2.46. The maximum Gasteiger partial charge on any atom is 0.227 e. The standard InChI is InChI=1S/C53H34N4O/c1-5-16-36(17-6-1)49-55-50(37-18-7-2-8-19-37)57-51(56-49)38-30-28-35(29-31-38)42-25-15-27-47-48(42)54-52(58-47)39-32-33-44-43-24-13-14-26-45(43)53(46(44)34-39,40-20-9-3-10-21-40)41-22-11-4-12-23-41/h1-34H. The van der Waals surface area contributed by atoms with E-state index in [-0.39, 0.29) is 0 Å². The molecule has 0 unspecified atom stereocenters. The van der Waals surface area contributed by atoms with E-state index in [1.54, 1.807) is 0 Å². The Hall–Kier alpha value is -7.76. The Bertz CT molecular complexity index is 2990. The van der Waals surface area contributed by atoms with E-state index in [9.17, 15) is 0 Å². The minimum Gasteiger partial charge on any atom is -0.436 e. The first-order valence-electron chi connectivity index (χ1n) is 19.5. The van der Waals surface area contributed by atoms with E-state index in [0.29, 0.717) is 23.4 Å². The molecule has 10 aromatic rings. The third kappa shape index (κ3) is 5.47. The van der Waals surface area contributed by atoms with E-state index >= 15 is 0 Å². The zero-order valence-corrected chi connectivity index (χ0v) is 31.3. The van der Waals surface area contributed by atoms with Crippen molar-refractivity contribution in [1.82, 2.24) is 19.9 Å². The molecule has 0 atom stereocenters. The molecule has 0 aliphatic heterocycles. The van der Waals surface area contributed by atoms with Crippen LogP contribution in [0.1, 0.15) is 22.3 Å². The molecule has 2 heterocycles. The molecule has 2 aromatic heterocycles. The lowest BCUT2D eigenvalue weighted by Gasteiger charge is -2.34. The van der Waals surface area contributed by atoms with Gasteiger partial charge in [0.05, 0.1) is 5.41 Å². The topological polar surface area (TPSA) is 64.7 Å². The van der Waals surface area contributed by atoms with Gasteiger partial charge < -0.3 is 4.42 Å². The molecule has 1 aliphatic carbocycles. The number of nitrogens with zero attached hydrogens (tertiary/aromatic N) is 4. The van der Waals surface area contributed by atoms with Gasteiger partial charge in [-0.1, -0.05) is 188 Å². The van der Waals surface area contributed by atoms with E-state index in [1.807, 2.05) is 72.8 Å². The van der Waals surface area contributed by atoms with Gasteiger partial charge in [-0.3, -0.25) is 0 Å². The number of hydrogen-bond acceptors (Lipinski definition) is 5. The number of para-hydroxylation sites is 1. The van der Waals surface area contributed by atoms with Crippen molar-refractivity contribution in [1.29, 1.82) is 0 Å². The Balaban J connectivity index is 0.998. The van der Waals surface area contributed by atoms with Crippen molar-refractivity contribution < 1.29 is 4.42 Å². The number of oxazole rings is 1. The van der Waals surface area contributed by atoms with Gasteiger partial charge in [0.15, 0.2) is 23.1 Å². The van der Waals surface area contributed by atoms with Gasteiger partial charge in [-0.05, 0) is 57.1 Å². The second-order valence-electron chi connectivity index (χ2n) is 14.6. The van der Waals surface area contributed by atoms with Crippen LogP contribution in [-0.4, -0.2) is 19.9 Å². The lowest BCUT2D eigenvalue weighted by atomic mass is 9.67. The van der Waals surface area contributed by atoms with Crippen LogP contribution in [-0.2, 0) is 5.41 Å². The van der Waals surface area contributed by atoms with Crippen molar-refractivity contribution in [3.63, 3.8) is 0 Å². The first kappa shape index (κ1) is 33.6. The SMILES string of the molecule is c1ccc(-c2nc(-c3ccccc3)nc(-c3ccc(-c4cccc5oc(-c6ccc7c(c6)C(c6ccccc6)(c6ccccc6)c6ccccc6-7)nc45)cc3)n2)cc1. The summed E-state index contributed by atoms with van der Waals surface area (Å²) < 4.78 is 6.60. The second kappa shape index (κ2) is 13.8. The van der Waals surface area contributed by atoms with E-state index in [4.69, 9.17) is 24.4 Å². The fraction of sp³-hybridized carbons (Fsp3) is 0.0189. The van der Waals surface area contributed by atoms with Crippen LogP contribution in [0.15, 0.2) is 211 Å². The molecular formula is C53H34N4O. The maximum atomic E-state index is 6.60. The van der Waals surface area contributed by atoms with E-state index in [0.717, 1.165) is 44.5 Å². The molecular weight excluding hydrogens is 709 g/mol. The fourth-order valence-corrected chi connectivity index (χ4v) is 8.62. The predicted octanol–water partition coefficient (Wildman–Crippen LogP) is 12.7. The quantitative estimate of drug-likeness (QED) is 0.163. The molecule has 5 heteroatoms. The molecule has 8 aromatic carbocycles. The number of rotatable bonds is 7. The number of aromatic nitrogens is 4. The van der Waals surface area contributed by atoms with Gasteiger partial charge in [0.1, 0.15) is 5.52 Å². The first-order valence-corrected chi connectivity index (χ1v) is 19.5. The zero-order valence-electron chi connectivity index (χ0n) is 31.3. The average Bonchev–Trinajstić information content (AvgIpc) is 3.88. The third-order valence-corrected chi connectivity index (χ3v) is 11.3. The molecule has 1 aliphatic rings. The summed E-state index contributed by atoms with van der Waals surface area (Å²) >= 11 is 0. The van der Waals surface area contributed by atoms with Crippen molar-refractivity contribution in [3.05, 3.63) is 229 Å². The van der Waals surface area contributed by atoms with Gasteiger partial charge in [-0.2, -0.15) is 0 Å². The molecule has 0 spiro atoms. The van der Waals surface area contributed by atoms with Crippen molar-refractivity contribution in [2.75, 3.05) is 0 Å². The normalized spacial score (nSPS) is 12.6. The highest BCUT2D eigenvalue weighted by atomic mass is 16.3. The molecule has 5 nitrogen and oxygen atoms in total. The maximum absolute atomic E-state index is 6.60. The van der Waals surface area contributed by atoms with Crippen LogP contribution >= 0.6 is 0 Å². The molecule has 0 saturated carbocycles. The summed E-state index contributed by atoms with van der Waals surface area (Å²) in [4.78, 5) is 19.9. The third-order valence-electron chi connectivity index (χ3n) is 11.3. The number of hydrogen-bond donors (Lipinski definition) is 0. The monoisotopic (exact) mass is 742 g/mol.